The summed E-state index contributed by atoms with van der Waals surface area (Å²) in [5, 5.41) is 10.0. The lowest BCUT2D eigenvalue weighted by Crippen LogP contribution is -2.24. The van der Waals surface area contributed by atoms with Crippen LogP contribution in [0.25, 0.3) is 0 Å². The minimum Gasteiger partial charge on any atom is -0.467 e. The van der Waals surface area contributed by atoms with Gasteiger partial charge in [0.15, 0.2) is 13.6 Å². The van der Waals surface area contributed by atoms with Crippen molar-refractivity contribution in [2.45, 2.75) is 58.3 Å². The molecule has 0 spiro atoms. The number of aliphatic hydroxyl groups excluding tert-OH is 1. The van der Waals surface area contributed by atoms with Gasteiger partial charge in [0.1, 0.15) is 23.2 Å². The second-order valence-corrected chi connectivity index (χ2v) is 7.44. The van der Waals surface area contributed by atoms with Gasteiger partial charge in [-0.25, -0.2) is 4.79 Å². The van der Waals surface area contributed by atoms with E-state index in [4.69, 9.17) is 29.4 Å². The number of hydrogen-bond donors (Lipinski definition) is 2. The molecule has 1 aromatic carbocycles. The molecule has 1 unspecified atom stereocenters. The van der Waals surface area contributed by atoms with Gasteiger partial charge in [0, 0.05) is 31.7 Å². The molecule has 2 rings (SSSR count). The fourth-order valence-electron chi connectivity index (χ4n) is 3.13. The molecule has 1 aliphatic rings. The molecule has 3 atom stereocenters. The molecule has 0 radical (unpaired) electrons. The Morgan fingerprint density at radius 2 is 1.75 bits per heavy atom. The summed E-state index contributed by atoms with van der Waals surface area (Å²) >= 11 is 0. The SMILES string of the molecule is CCOCOc1cc2c(c(OCOCC)c1)C(=O)O[C@H](C)C/C=C/[C@H](O)C/C=C/C(N)C2. The smallest absolute Gasteiger partial charge is 0.342 e. The zero-order valence-electron chi connectivity index (χ0n) is 19.1. The summed E-state index contributed by atoms with van der Waals surface area (Å²) in [6, 6.07) is 2.99. The third kappa shape index (κ3) is 8.63. The molecule has 8 nitrogen and oxygen atoms in total. The second-order valence-electron chi connectivity index (χ2n) is 7.44. The molecule has 0 bridgehead atoms. The summed E-state index contributed by atoms with van der Waals surface area (Å²) in [5.74, 6) is 0.270. The van der Waals surface area contributed by atoms with Crippen LogP contribution in [0.4, 0.5) is 0 Å². The van der Waals surface area contributed by atoms with Crippen molar-refractivity contribution in [1.29, 1.82) is 0 Å². The molecule has 3 N–H and O–H groups in total. The van der Waals surface area contributed by atoms with Crippen LogP contribution in [0.5, 0.6) is 11.5 Å². The standard InChI is InChI=1S/C24H35NO7/c1-4-28-15-30-21-13-18-12-19(25)9-7-11-20(26)10-6-8-17(3)32-24(27)23(18)22(14-21)31-16-29-5-2/h6-7,9-10,13-14,17,19-20,26H,4-5,8,11-12,15-16,25H2,1-3H3/b9-7+,10-6+/t17-,19?,20+/m1/s1. The van der Waals surface area contributed by atoms with Crippen molar-refractivity contribution in [2.75, 3.05) is 26.8 Å². The third-order valence-electron chi connectivity index (χ3n) is 4.73. The van der Waals surface area contributed by atoms with E-state index in [2.05, 4.69) is 0 Å². The molecule has 32 heavy (non-hydrogen) atoms. The quantitative estimate of drug-likeness (QED) is 0.270. The summed E-state index contributed by atoms with van der Waals surface area (Å²) in [6.07, 6.45) is 7.42. The highest BCUT2D eigenvalue weighted by molar-refractivity contribution is 5.94. The molecule has 0 aliphatic carbocycles. The Morgan fingerprint density at radius 1 is 1.06 bits per heavy atom. The lowest BCUT2D eigenvalue weighted by Gasteiger charge is -2.20. The maximum absolute atomic E-state index is 13.1. The first-order chi connectivity index (χ1) is 15.4. The fourth-order valence-corrected chi connectivity index (χ4v) is 3.13. The molecule has 1 heterocycles. The largest absolute Gasteiger partial charge is 0.467 e. The van der Waals surface area contributed by atoms with Crippen LogP contribution in [0.1, 0.15) is 49.5 Å². The Labute approximate surface area is 189 Å². The first-order valence-corrected chi connectivity index (χ1v) is 11.0. The number of rotatable bonds is 8. The summed E-state index contributed by atoms with van der Waals surface area (Å²) in [5.41, 5.74) is 7.22. The fraction of sp³-hybridized carbons (Fsp3) is 0.542. The summed E-state index contributed by atoms with van der Waals surface area (Å²) in [7, 11) is 0. The van der Waals surface area contributed by atoms with Gasteiger partial charge in [0.05, 0.1) is 6.10 Å². The first kappa shape index (κ1) is 25.9. The number of benzene rings is 1. The highest BCUT2D eigenvalue weighted by Crippen LogP contribution is 2.31. The minimum atomic E-state index is -0.617. The van der Waals surface area contributed by atoms with Crippen molar-refractivity contribution < 1.29 is 33.6 Å². The van der Waals surface area contributed by atoms with E-state index in [1.165, 1.54) is 0 Å². The predicted octanol–water partition coefficient (Wildman–Crippen LogP) is 3.11. The maximum Gasteiger partial charge on any atom is 0.342 e. The van der Waals surface area contributed by atoms with Crippen LogP contribution < -0.4 is 15.2 Å². The van der Waals surface area contributed by atoms with E-state index >= 15 is 0 Å². The van der Waals surface area contributed by atoms with Gasteiger partial charge in [0.25, 0.3) is 0 Å². The lowest BCUT2D eigenvalue weighted by molar-refractivity contribution is 0.0160. The average Bonchev–Trinajstić information content (AvgIpc) is 2.73. The number of cyclic esters (lactones) is 1. The molecule has 0 saturated heterocycles. The highest BCUT2D eigenvalue weighted by Gasteiger charge is 2.24. The van der Waals surface area contributed by atoms with Gasteiger partial charge in [0.2, 0.25) is 0 Å². The monoisotopic (exact) mass is 449 g/mol. The van der Waals surface area contributed by atoms with Crippen molar-refractivity contribution in [3.8, 4) is 11.5 Å². The van der Waals surface area contributed by atoms with Crippen LogP contribution in [-0.2, 0) is 20.6 Å². The Bertz CT molecular complexity index is 778. The van der Waals surface area contributed by atoms with Crippen LogP contribution in [0.15, 0.2) is 36.4 Å². The topological polar surface area (TPSA) is 109 Å². The molecule has 0 saturated carbocycles. The molecule has 0 aromatic heterocycles. The molecule has 1 aliphatic heterocycles. The molecule has 178 valence electrons. The van der Waals surface area contributed by atoms with Crippen LogP contribution in [-0.4, -0.2) is 56.1 Å². The van der Waals surface area contributed by atoms with E-state index < -0.39 is 12.1 Å². The van der Waals surface area contributed by atoms with Gasteiger partial charge in [-0.15, -0.1) is 0 Å². The van der Waals surface area contributed by atoms with Gasteiger partial charge >= 0.3 is 5.97 Å². The van der Waals surface area contributed by atoms with E-state index in [0.29, 0.717) is 55.1 Å². The number of nitrogens with two attached hydrogens (primary N) is 1. The number of aliphatic hydroxyl groups is 1. The molecular formula is C24H35NO7. The minimum absolute atomic E-state index is 0.0206. The van der Waals surface area contributed by atoms with Crippen molar-refractivity contribution in [3.63, 3.8) is 0 Å². The predicted molar refractivity (Wildman–Crippen MR) is 121 cm³/mol. The van der Waals surface area contributed by atoms with E-state index in [-0.39, 0.29) is 25.7 Å². The number of fused-ring (bicyclic) bond motifs is 1. The van der Waals surface area contributed by atoms with Crippen LogP contribution in [0, 0.1) is 0 Å². The number of hydrogen-bond acceptors (Lipinski definition) is 8. The third-order valence-corrected chi connectivity index (χ3v) is 4.73. The summed E-state index contributed by atoms with van der Waals surface area (Å²) in [4.78, 5) is 13.1. The van der Waals surface area contributed by atoms with Gasteiger partial charge in [-0.05, 0) is 45.2 Å². The number of carbonyl (C=O) groups is 1. The number of ether oxygens (including phenoxy) is 5. The Kier molecular flexibility index (Phi) is 11.2. The molecule has 0 amide bonds. The van der Waals surface area contributed by atoms with Gasteiger partial charge in [-0.2, -0.15) is 0 Å². The average molecular weight is 450 g/mol. The van der Waals surface area contributed by atoms with Gasteiger partial charge in [-0.3, -0.25) is 0 Å². The molecule has 8 heteroatoms. The Balaban J connectivity index is 2.45. The van der Waals surface area contributed by atoms with Crippen molar-refractivity contribution >= 4 is 5.97 Å². The van der Waals surface area contributed by atoms with Crippen LogP contribution >= 0.6 is 0 Å². The maximum atomic E-state index is 13.1. The first-order valence-electron chi connectivity index (χ1n) is 11.0. The zero-order valence-corrected chi connectivity index (χ0v) is 19.1. The second kappa shape index (κ2) is 13.9. The van der Waals surface area contributed by atoms with Crippen molar-refractivity contribution in [3.05, 3.63) is 47.6 Å². The molecule has 1 aromatic rings. The van der Waals surface area contributed by atoms with Gasteiger partial charge in [-0.1, -0.05) is 24.3 Å². The van der Waals surface area contributed by atoms with E-state index in [9.17, 15) is 9.90 Å². The molecule has 0 fully saturated rings. The Hall–Kier alpha value is -2.39. The van der Waals surface area contributed by atoms with Crippen LogP contribution in [0.2, 0.25) is 0 Å². The summed E-state index contributed by atoms with van der Waals surface area (Å²) < 4.78 is 27.7. The van der Waals surface area contributed by atoms with E-state index in [1.54, 1.807) is 31.2 Å². The highest BCUT2D eigenvalue weighted by atomic mass is 16.7. The molecular weight excluding hydrogens is 414 g/mol. The zero-order chi connectivity index (χ0) is 23.3. The normalized spacial score (nSPS) is 24.0. The van der Waals surface area contributed by atoms with Gasteiger partial charge < -0.3 is 34.5 Å². The lowest BCUT2D eigenvalue weighted by atomic mass is 9.98. The van der Waals surface area contributed by atoms with Crippen LogP contribution in [0.3, 0.4) is 0 Å². The summed E-state index contributed by atoms with van der Waals surface area (Å²) in [6.45, 7) is 6.55. The van der Waals surface area contributed by atoms with E-state index in [0.717, 1.165) is 0 Å². The van der Waals surface area contributed by atoms with E-state index in [1.807, 2.05) is 26.0 Å². The van der Waals surface area contributed by atoms with Crippen molar-refractivity contribution in [2.24, 2.45) is 5.73 Å². The number of carbonyl (C=O) groups excluding carboxylic acids is 1. The number of esters is 1. The van der Waals surface area contributed by atoms with Crippen molar-refractivity contribution in [1.82, 2.24) is 0 Å². The Morgan fingerprint density at radius 3 is 2.47 bits per heavy atom.